The van der Waals surface area contributed by atoms with Gasteiger partial charge in [0.1, 0.15) is 23.1 Å². The average molecular weight is 375 g/mol. The van der Waals surface area contributed by atoms with Crippen molar-refractivity contribution in [1.82, 2.24) is 4.90 Å². The number of nitrogens with zero attached hydrogens (tertiary/aromatic N) is 2. The summed E-state index contributed by atoms with van der Waals surface area (Å²) in [5, 5.41) is 2.68. The maximum Gasteiger partial charge on any atom is 0.224 e. The molecule has 3 rings (SSSR count). The number of hydrogen-bond donors (Lipinski definition) is 1. The zero-order valence-electron chi connectivity index (χ0n) is 15.3. The van der Waals surface area contributed by atoms with Crippen LogP contribution >= 0.6 is 0 Å². The van der Waals surface area contributed by atoms with Crippen molar-refractivity contribution in [2.45, 2.75) is 6.42 Å². The Morgan fingerprint density at radius 2 is 1.70 bits per heavy atom. The van der Waals surface area contributed by atoms with Crippen molar-refractivity contribution in [3.63, 3.8) is 0 Å². The first-order valence-electron chi connectivity index (χ1n) is 8.94. The molecule has 1 aliphatic heterocycles. The Morgan fingerprint density at radius 1 is 1.04 bits per heavy atom. The second kappa shape index (κ2) is 8.70. The van der Waals surface area contributed by atoms with Gasteiger partial charge in [0, 0.05) is 39.1 Å². The number of amides is 1. The topological polar surface area (TPSA) is 44.8 Å². The minimum atomic E-state index is -0.659. The Balaban J connectivity index is 1.49. The van der Waals surface area contributed by atoms with Gasteiger partial charge in [0.05, 0.1) is 12.8 Å². The second-order valence-electron chi connectivity index (χ2n) is 6.31. The summed E-state index contributed by atoms with van der Waals surface area (Å²) in [4.78, 5) is 16.4. The van der Waals surface area contributed by atoms with Gasteiger partial charge < -0.3 is 19.9 Å². The van der Waals surface area contributed by atoms with Crippen LogP contribution in [-0.2, 0) is 4.79 Å². The van der Waals surface area contributed by atoms with Crippen LogP contribution < -0.4 is 15.0 Å². The van der Waals surface area contributed by atoms with Gasteiger partial charge in [-0.2, -0.15) is 0 Å². The Hall–Kier alpha value is -2.83. The van der Waals surface area contributed by atoms with Crippen molar-refractivity contribution in [2.24, 2.45) is 0 Å². The molecule has 1 heterocycles. The summed E-state index contributed by atoms with van der Waals surface area (Å²) >= 11 is 0. The van der Waals surface area contributed by atoms with Gasteiger partial charge in [-0.05, 0) is 24.3 Å². The largest absolute Gasteiger partial charge is 0.495 e. The lowest BCUT2D eigenvalue weighted by molar-refractivity contribution is -0.131. The monoisotopic (exact) mass is 375 g/mol. The molecule has 1 aliphatic rings. The maximum absolute atomic E-state index is 13.6. The lowest BCUT2D eigenvalue weighted by Gasteiger charge is -2.36. The summed E-state index contributed by atoms with van der Waals surface area (Å²) in [6.45, 7) is 2.81. The molecule has 1 saturated heterocycles. The normalized spacial score (nSPS) is 14.2. The second-order valence-corrected chi connectivity index (χ2v) is 6.31. The molecule has 0 aromatic heterocycles. The predicted octanol–water partition coefficient (Wildman–Crippen LogP) is 3.12. The number of carbonyl (C=O) groups excluding carboxylic acids is 1. The molecule has 27 heavy (non-hydrogen) atoms. The van der Waals surface area contributed by atoms with E-state index in [9.17, 15) is 13.6 Å². The van der Waals surface area contributed by atoms with Crippen LogP contribution in [0.2, 0.25) is 0 Å². The van der Waals surface area contributed by atoms with Gasteiger partial charge in [-0.1, -0.05) is 18.2 Å². The number of benzene rings is 2. The smallest absolute Gasteiger partial charge is 0.224 e. The van der Waals surface area contributed by atoms with E-state index in [-0.39, 0.29) is 24.6 Å². The zero-order valence-corrected chi connectivity index (χ0v) is 15.3. The van der Waals surface area contributed by atoms with Crippen LogP contribution in [0.4, 0.5) is 20.2 Å². The summed E-state index contributed by atoms with van der Waals surface area (Å²) in [7, 11) is 1.64. The number of rotatable bonds is 6. The quantitative estimate of drug-likeness (QED) is 0.843. The van der Waals surface area contributed by atoms with Gasteiger partial charge in [0.25, 0.3) is 0 Å². The molecule has 0 bridgehead atoms. The third-order valence-electron chi connectivity index (χ3n) is 4.66. The Morgan fingerprint density at radius 3 is 2.37 bits per heavy atom. The minimum Gasteiger partial charge on any atom is -0.495 e. The Bertz CT molecular complexity index is 772. The van der Waals surface area contributed by atoms with E-state index in [1.807, 2.05) is 24.3 Å². The predicted molar refractivity (Wildman–Crippen MR) is 101 cm³/mol. The lowest BCUT2D eigenvalue weighted by Crippen LogP contribution is -2.49. The standard InChI is InChI=1S/C20H23F2N3O2/c1-27-18-8-3-2-7-17(18)24-11-13-25(14-12-24)19(26)9-10-23-20-15(21)5-4-6-16(20)22/h2-8,23H,9-14H2,1H3. The highest BCUT2D eigenvalue weighted by Gasteiger charge is 2.22. The fourth-order valence-electron chi connectivity index (χ4n) is 3.21. The van der Waals surface area contributed by atoms with Crippen molar-refractivity contribution < 1.29 is 18.3 Å². The number of carbonyl (C=O) groups is 1. The van der Waals surface area contributed by atoms with Gasteiger partial charge in [-0.15, -0.1) is 0 Å². The van der Waals surface area contributed by atoms with Crippen molar-refractivity contribution in [3.8, 4) is 5.75 Å². The van der Waals surface area contributed by atoms with E-state index in [2.05, 4.69) is 10.2 Å². The molecule has 144 valence electrons. The van der Waals surface area contributed by atoms with E-state index in [4.69, 9.17) is 4.74 Å². The molecule has 2 aromatic rings. The van der Waals surface area contributed by atoms with Gasteiger partial charge in [-0.25, -0.2) is 8.78 Å². The van der Waals surface area contributed by atoms with Gasteiger partial charge >= 0.3 is 0 Å². The van der Waals surface area contributed by atoms with Crippen LogP contribution in [0.1, 0.15) is 6.42 Å². The summed E-state index contributed by atoms with van der Waals surface area (Å²) < 4.78 is 32.6. The highest BCUT2D eigenvalue weighted by molar-refractivity contribution is 5.77. The number of anilines is 2. The highest BCUT2D eigenvalue weighted by Crippen LogP contribution is 2.28. The van der Waals surface area contributed by atoms with E-state index in [0.717, 1.165) is 11.4 Å². The zero-order chi connectivity index (χ0) is 19.2. The van der Waals surface area contributed by atoms with Crippen molar-refractivity contribution in [3.05, 3.63) is 54.1 Å². The first-order chi connectivity index (χ1) is 13.1. The number of nitrogens with one attached hydrogen (secondary N) is 1. The number of halogens is 2. The summed E-state index contributed by atoms with van der Waals surface area (Å²) in [5.41, 5.74) is 0.829. The third kappa shape index (κ3) is 4.48. The average Bonchev–Trinajstić information content (AvgIpc) is 2.70. The van der Waals surface area contributed by atoms with Crippen LogP contribution in [0.15, 0.2) is 42.5 Å². The fourth-order valence-corrected chi connectivity index (χ4v) is 3.21. The molecule has 0 unspecified atom stereocenters. The molecule has 5 nitrogen and oxygen atoms in total. The highest BCUT2D eigenvalue weighted by atomic mass is 19.1. The minimum absolute atomic E-state index is 0.0288. The first-order valence-corrected chi connectivity index (χ1v) is 8.94. The summed E-state index contributed by atoms with van der Waals surface area (Å²) in [6, 6.07) is 11.5. The number of methoxy groups -OCH3 is 1. The van der Waals surface area contributed by atoms with E-state index in [0.29, 0.717) is 26.2 Å². The van der Waals surface area contributed by atoms with Crippen LogP contribution in [-0.4, -0.2) is 50.6 Å². The molecule has 2 aromatic carbocycles. The molecule has 1 amide bonds. The maximum atomic E-state index is 13.6. The molecular formula is C20H23F2N3O2. The van der Waals surface area contributed by atoms with Gasteiger partial charge in [0.15, 0.2) is 0 Å². The van der Waals surface area contributed by atoms with E-state index >= 15 is 0 Å². The van der Waals surface area contributed by atoms with Gasteiger partial charge in [0.2, 0.25) is 5.91 Å². The number of para-hydroxylation sites is 3. The van der Waals surface area contributed by atoms with Crippen LogP contribution in [0.5, 0.6) is 5.75 Å². The lowest BCUT2D eigenvalue weighted by atomic mass is 10.2. The molecule has 0 atom stereocenters. The van der Waals surface area contributed by atoms with Crippen molar-refractivity contribution in [2.75, 3.05) is 50.1 Å². The molecule has 0 saturated carbocycles. The van der Waals surface area contributed by atoms with Crippen LogP contribution in [0.3, 0.4) is 0 Å². The number of hydrogen-bond acceptors (Lipinski definition) is 4. The van der Waals surface area contributed by atoms with Crippen LogP contribution in [0, 0.1) is 11.6 Å². The molecule has 1 N–H and O–H groups in total. The third-order valence-corrected chi connectivity index (χ3v) is 4.66. The Labute approximate surface area is 157 Å². The van der Waals surface area contributed by atoms with E-state index < -0.39 is 11.6 Å². The van der Waals surface area contributed by atoms with Crippen molar-refractivity contribution in [1.29, 1.82) is 0 Å². The van der Waals surface area contributed by atoms with E-state index in [1.54, 1.807) is 12.0 Å². The SMILES string of the molecule is COc1ccccc1N1CCN(C(=O)CCNc2c(F)cccc2F)CC1. The first kappa shape index (κ1) is 18.9. The van der Waals surface area contributed by atoms with Gasteiger partial charge in [-0.3, -0.25) is 4.79 Å². The van der Waals surface area contributed by atoms with E-state index in [1.165, 1.54) is 18.2 Å². The Kier molecular flexibility index (Phi) is 6.11. The molecular weight excluding hydrogens is 352 g/mol. The molecule has 0 radical (unpaired) electrons. The summed E-state index contributed by atoms with van der Waals surface area (Å²) in [6.07, 6.45) is 0.183. The molecule has 7 heteroatoms. The number of piperazine rings is 1. The number of ether oxygens (including phenoxy) is 1. The fraction of sp³-hybridized carbons (Fsp3) is 0.350. The van der Waals surface area contributed by atoms with Crippen LogP contribution in [0.25, 0.3) is 0 Å². The summed E-state index contributed by atoms with van der Waals surface area (Å²) in [5.74, 6) is -0.534. The molecule has 1 fully saturated rings. The van der Waals surface area contributed by atoms with Crippen molar-refractivity contribution >= 4 is 17.3 Å². The molecule has 0 aliphatic carbocycles. The molecule has 0 spiro atoms.